The third kappa shape index (κ3) is 3.53. The van der Waals surface area contributed by atoms with E-state index in [0.29, 0.717) is 18.5 Å². The zero-order chi connectivity index (χ0) is 17.3. The van der Waals surface area contributed by atoms with Gasteiger partial charge in [-0.25, -0.2) is 0 Å². The average molecular weight is 324 g/mol. The van der Waals surface area contributed by atoms with Crippen LogP contribution in [0, 0.1) is 6.92 Å². The van der Waals surface area contributed by atoms with Gasteiger partial charge in [-0.15, -0.1) is 0 Å². The number of carbonyl (C=O) groups is 1. The molecule has 24 heavy (non-hydrogen) atoms. The quantitative estimate of drug-likeness (QED) is 0.849. The zero-order valence-corrected chi connectivity index (χ0v) is 14.4. The summed E-state index contributed by atoms with van der Waals surface area (Å²) >= 11 is 0. The van der Waals surface area contributed by atoms with E-state index in [0.717, 1.165) is 22.4 Å². The van der Waals surface area contributed by atoms with Crippen LogP contribution in [-0.4, -0.2) is 11.5 Å². The predicted molar refractivity (Wildman–Crippen MR) is 95.9 cm³/mol. The van der Waals surface area contributed by atoms with Crippen LogP contribution in [0.5, 0.6) is 5.75 Å². The van der Waals surface area contributed by atoms with Gasteiger partial charge >= 0.3 is 0 Å². The number of benzene rings is 2. The first-order valence-electron chi connectivity index (χ1n) is 8.26. The molecule has 2 aromatic carbocycles. The first-order valence-corrected chi connectivity index (χ1v) is 8.26. The number of ether oxygens (including phenoxy) is 1. The van der Waals surface area contributed by atoms with Crippen LogP contribution >= 0.6 is 0 Å². The summed E-state index contributed by atoms with van der Waals surface area (Å²) in [5.41, 5.74) is 9.39. The van der Waals surface area contributed by atoms with Gasteiger partial charge in [0.05, 0.1) is 12.5 Å². The van der Waals surface area contributed by atoms with E-state index in [4.69, 9.17) is 10.5 Å². The van der Waals surface area contributed by atoms with Gasteiger partial charge in [0, 0.05) is 17.7 Å². The van der Waals surface area contributed by atoms with Crippen molar-refractivity contribution in [2.24, 2.45) is 0 Å². The molecule has 0 saturated carbocycles. The van der Waals surface area contributed by atoms with E-state index in [-0.39, 0.29) is 17.6 Å². The number of nitrogens with two attached hydrogens (primary N) is 1. The Kier molecular flexibility index (Phi) is 4.22. The van der Waals surface area contributed by atoms with Crippen LogP contribution in [0.4, 0.5) is 5.69 Å². The summed E-state index contributed by atoms with van der Waals surface area (Å²) in [6, 6.07) is 13.5. The minimum absolute atomic E-state index is 0.0142. The van der Waals surface area contributed by atoms with E-state index in [1.54, 1.807) is 0 Å². The summed E-state index contributed by atoms with van der Waals surface area (Å²) < 4.78 is 6.02. The molecule has 0 spiro atoms. The Labute approximate surface area is 143 Å². The molecule has 1 aliphatic rings. The molecule has 4 heteroatoms. The number of rotatable bonds is 3. The summed E-state index contributed by atoms with van der Waals surface area (Å²) in [5.74, 6) is 0.807. The molecule has 3 rings (SSSR count). The van der Waals surface area contributed by atoms with Crippen LogP contribution in [-0.2, 0) is 11.2 Å². The summed E-state index contributed by atoms with van der Waals surface area (Å²) in [7, 11) is 0. The van der Waals surface area contributed by atoms with Crippen LogP contribution in [0.2, 0.25) is 0 Å². The lowest BCUT2D eigenvalue weighted by atomic mass is 9.89. The molecule has 1 amide bonds. The average Bonchev–Trinajstić information content (AvgIpc) is 2.49. The number of fused-ring (bicyclic) bond motifs is 1. The molecule has 1 heterocycles. The summed E-state index contributed by atoms with van der Waals surface area (Å²) in [6.07, 6.45) is 1.09. The second kappa shape index (κ2) is 6.19. The van der Waals surface area contributed by atoms with E-state index in [1.807, 2.05) is 63.2 Å². The number of nitrogen functional groups attached to an aromatic ring is 1. The topological polar surface area (TPSA) is 64.3 Å². The van der Waals surface area contributed by atoms with Gasteiger partial charge < -0.3 is 15.8 Å². The Hall–Kier alpha value is -2.49. The molecular weight excluding hydrogens is 300 g/mol. The molecule has 1 aliphatic heterocycles. The standard InChI is InChI=1S/C20H24N2O2/c1-13-6-4-5-7-14(13)10-19(23)22-17-12-20(2,3)24-18-9-8-15(21)11-16(17)18/h4-9,11,17H,10,12,21H2,1-3H3,(H,22,23). The Bertz CT molecular complexity index is 768. The Morgan fingerprint density at radius 3 is 2.79 bits per heavy atom. The molecule has 0 aliphatic carbocycles. The van der Waals surface area contributed by atoms with Crippen molar-refractivity contribution < 1.29 is 9.53 Å². The van der Waals surface area contributed by atoms with Crippen LogP contribution in [0.25, 0.3) is 0 Å². The van der Waals surface area contributed by atoms with Crippen LogP contribution in [0.15, 0.2) is 42.5 Å². The monoisotopic (exact) mass is 324 g/mol. The van der Waals surface area contributed by atoms with Crippen LogP contribution < -0.4 is 15.8 Å². The Balaban J connectivity index is 1.80. The minimum Gasteiger partial charge on any atom is -0.487 e. The number of aryl methyl sites for hydroxylation is 1. The number of hydrogen-bond acceptors (Lipinski definition) is 3. The van der Waals surface area contributed by atoms with Crippen molar-refractivity contribution in [3.05, 3.63) is 59.2 Å². The molecule has 0 saturated heterocycles. The van der Waals surface area contributed by atoms with Gasteiger partial charge in [0.25, 0.3) is 0 Å². The van der Waals surface area contributed by atoms with E-state index in [1.165, 1.54) is 0 Å². The maximum atomic E-state index is 12.6. The highest BCUT2D eigenvalue weighted by atomic mass is 16.5. The first-order chi connectivity index (χ1) is 11.3. The van der Waals surface area contributed by atoms with Gasteiger partial charge in [0.2, 0.25) is 5.91 Å². The van der Waals surface area contributed by atoms with E-state index in [2.05, 4.69) is 5.32 Å². The highest BCUT2D eigenvalue weighted by molar-refractivity contribution is 5.79. The van der Waals surface area contributed by atoms with E-state index >= 15 is 0 Å². The molecule has 4 nitrogen and oxygen atoms in total. The lowest BCUT2D eigenvalue weighted by molar-refractivity contribution is -0.121. The van der Waals surface area contributed by atoms with Crippen molar-refractivity contribution in [1.29, 1.82) is 0 Å². The van der Waals surface area contributed by atoms with Crippen molar-refractivity contribution in [2.75, 3.05) is 5.73 Å². The summed E-state index contributed by atoms with van der Waals surface area (Å²) in [4.78, 5) is 12.6. The van der Waals surface area contributed by atoms with Gasteiger partial charge in [-0.3, -0.25) is 4.79 Å². The molecule has 1 atom stereocenters. The molecule has 0 fully saturated rings. The summed E-state index contributed by atoms with van der Waals surface area (Å²) in [5, 5.41) is 3.16. The fraction of sp³-hybridized carbons (Fsp3) is 0.350. The smallest absolute Gasteiger partial charge is 0.224 e. The Morgan fingerprint density at radius 1 is 1.29 bits per heavy atom. The molecule has 0 bridgehead atoms. The fourth-order valence-corrected chi connectivity index (χ4v) is 3.23. The minimum atomic E-state index is -0.330. The molecular formula is C20H24N2O2. The normalized spacial score (nSPS) is 18.4. The molecule has 1 unspecified atom stereocenters. The van der Waals surface area contributed by atoms with Crippen molar-refractivity contribution in [1.82, 2.24) is 5.32 Å². The molecule has 2 aromatic rings. The predicted octanol–water partition coefficient (Wildman–Crippen LogP) is 3.54. The summed E-state index contributed by atoms with van der Waals surface area (Å²) in [6.45, 7) is 6.09. The number of nitrogens with one attached hydrogen (secondary N) is 1. The number of anilines is 1. The lowest BCUT2D eigenvalue weighted by Crippen LogP contribution is -2.41. The van der Waals surface area contributed by atoms with Crippen molar-refractivity contribution >= 4 is 11.6 Å². The number of hydrogen-bond donors (Lipinski definition) is 2. The zero-order valence-electron chi connectivity index (χ0n) is 14.4. The van der Waals surface area contributed by atoms with Gasteiger partial charge in [0.1, 0.15) is 11.4 Å². The van der Waals surface area contributed by atoms with Gasteiger partial charge in [-0.05, 0) is 50.1 Å². The van der Waals surface area contributed by atoms with Gasteiger partial charge in [-0.2, -0.15) is 0 Å². The molecule has 0 aromatic heterocycles. The number of carbonyl (C=O) groups excluding carboxylic acids is 1. The van der Waals surface area contributed by atoms with Crippen LogP contribution in [0.1, 0.15) is 43.0 Å². The second-order valence-corrected chi connectivity index (χ2v) is 7.09. The molecule has 3 N–H and O–H groups in total. The SMILES string of the molecule is Cc1ccccc1CC(=O)NC1CC(C)(C)Oc2ccc(N)cc21. The Morgan fingerprint density at radius 2 is 2.04 bits per heavy atom. The van der Waals surface area contributed by atoms with E-state index in [9.17, 15) is 4.79 Å². The fourth-order valence-electron chi connectivity index (χ4n) is 3.23. The third-order valence-electron chi connectivity index (χ3n) is 4.44. The largest absolute Gasteiger partial charge is 0.487 e. The maximum absolute atomic E-state index is 12.6. The molecule has 126 valence electrons. The van der Waals surface area contributed by atoms with Crippen LogP contribution in [0.3, 0.4) is 0 Å². The highest BCUT2D eigenvalue weighted by Crippen LogP contribution is 2.40. The maximum Gasteiger partial charge on any atom is 0.224 e. The van der Waals surface area contributed by atoms with Gasteiger partial charge in [-0.1, -0.05) is 24.3 Å². The van der Waals surface area contributed by atoms with Crippen molar-refractivity contribution in [3.63, 3.8) is 0 Å². The van der Waals surface area contributed by atoms with Crippen molar-refractivity contribution in [2.45, 2.75) is 45.3 Å². The molecule has 0 radical (unpaired) electrons. The first kappa shape index (κ1) is 16.4. The lowest BCUT2D eigenvalue weighted by Gasteiger charge is -2.38. The second-order valence-electron chi connectivity index (χ2n) is 7.09. The highest BCUT2D eigenvalue weighted by Gasteiger charge is 2.34. The van der Waals surface area contributed by atoms with E-state index < -0.39 is 0 Å². The van der Waals surface area contributed by atoms with Crippen molar-refractivity contribution in [3.8, 4) is 5.75 Å². The number of amides is 1. The van der Waals surface area contributed by atoms with Gasteiger partial charge in [0.15, 0.2) is 0 Å². The third-order valence-corrected chi connectivity index (χ3v) is 4.44.